The third-order valence-electron chi connectivity index (χ3n) is 6.80. The van der Waals surface area contributed by atoms with Crippen LogP contribution >= 0.6 is 0 Å². The molecule has 2 aromatic rings. The second kappa shape index (κ2) is 10.6. The molecule has 35 heavy (non-hydrogen) atoms. The average Bonchev–Trinajstić information content (AvgIpc) is 3.44. The molecule has 0 N–H and O–H groups in total. The van der Waals surface area contributed by atoms with Gasteiger partial charge in [0.25, 0.3) is 0 Å². The molecule has 3 aliphatic rings. The molecule has 0 saturated carbocycles. The van der Waals surface area contributed by atoms with Gasteiger partial charge in [0, 0.05) is 0 Å². The van der Waals surface area contributed by atoms with Gasteiger partial charge in [0.05, 0.1) is 0 Å². The summed E-state index contributed by atoms with van der Waals surface area (Å²) in [7, 11) is -0.578. The Hall–Kier alpha value is -2.56. The van der Waals surface area contributed by atoms with Crippen LogP contribution in [0.15, 0.2) is 128 Å². The van der Waals surface area contributed by atoms with E-state index < -0.39 is 30.7 Å². The average molecular weight is 642 g/mol. The molecule has 3 aliphatic carbocycles. The molecule has 5 rings (SSSR count). The second-order valence-electron chi connectivity index (χ2n) is 9.35. The normalized spacial score (nSPS) is 18.9. The van der Waals surface area contributed by atoms with Crippen molar-refractivity contribution in [3.8, 4) is 11.5 Å². The molecule has 2 aromatic carbocycles. The van der Waals surface area contributed by atoms with Crippen LogP contribution in [0, 0.1) is 5.92 Å². The molecule has 0 amide bonds. The van der Waals surface area contributed by atoms with Gasteiger partial charge in [-0.2, -0.15) is 0 Å². The SMILES string of the molecule is CC1=[C]([Hf]([O]c2ccccc2)[O]c2ccccc2)C2=CC=CC(=[Si](C)C)C(C)C2=C1C1=CC=CC1. The van der Waals surface area contributed by atoms with Crippen molar-refractivity contribution in [2.24, 2.45) is 5.92 Å². The van der Waals surface area contributed by atoms with Gasteiger partial charge < -0.3 is 0 Å². The van der Waals surface area contributed by atoms with E-state index >= 15 is 0 Å². The quantitative estimate of drug-likeness (QED) is 0.301. The van der Waals surface area contributed by atoms with Gasteiger partial charge in [-0.3, -0.25) is 0 Å². The Balaban J connectivity index is 1.65. The first kappa shape index (κ1) is 24.1. The molecule has 1 unspecified atom stereocenters. The van der Waals surface area contributed by atoms with Crippen LogP contribution in [0.4, 0.5) is 0 Å². The molecule has 4 heteroatoms. The van der Waals surface area contributed by atoms with E-state index in [-0.39, 0.29) is 0 Å². The summed E-state index contributed by atoms with van der Waals surface area (Å²) < 4.78 is 14.9. The fraction of sp³-hybridized carbons (Fsp3) is 0.194. The van der Waals surface area contributed by atoms with Gasteiger partial charge in [0.2, 0.25) is 0 Å². The molecule has 0 aromatic heterocycles. The summed E-state index contributed by atoms with van der Waals surface area (Å²) in [4.78, 5) is 0. The van der Waals surface area contributed by atoms with Crippen molar-refractivity contribution >= 4 is 13.6 Å². The van der Waals surface area contributed by atoms with Crippen LogP contribution < -0.4 is 5.71 Å². The minimum absolute atomic E-state index is 0.383. The molecule has 0 aliphatic heterocycles. The number of hydrogen-bond donors (Lipinski definition) is 0. The summed E-state index contributed by atoms with van der Waals surface area (Å²) in [5.74, 6) is 2.16. The standard InChI is InChI=1S/C19H21Si.2C6H6O.Hf/c1-13-12-16-10-7-11-17(20(3)4)14(2)19(16)18(13)15-8-5-6-9-15;2*7-6-4-2-1-3-5-6;/h5-8,10-11,14H,9H2,1-4H3;2*1-5,7H;/q;;;+2/p-2. The zero-order valence-corrected chi connectivity index (χ0v) is 25.4. The number of allylic oxidation sites excluding steroid dienone is 12. The van der Waals surface area contributed by atoms with Gasteiger partial charge in [-0.1, -0.05) is 0 Å². The van der Waals surface area contributed by atoms with E-state index in [2.05, 4.69) is 63.4 Å². The number of hydrogen-bond acceptors (Lipinski definition) is 2. The molecule has 1 atom stereocenters. The molecule has 2 nitrogen and oxygen atoms in total. The maximum atomic E-state index is 6.79. The first-order valence-electron chi connectivity index (χ1n) is 12.3. The van der Waals surface area contributed by atoms with Gasteiger partial charge in [-0.25, -0.2) is 0 Å². The maximum absolute atomic E-state index is 6.79. The Morgan fingerprint density at radius 3 is 2.03 bits per heavy atom. The van der Waals surface area contributed by atoms with E-state index in [9.17, 15) is 0 Å². The fourth-order valence-corrected chi connectivity index (χ4v) is 13.2. The molecular formula is C31H31HfO2Si. The van der Waals surface area contributed by atoms with E-state index in [1.54, 1.807) is 5.17 Å². The summed E-state index contributed by atoms with van der Waals surface area (Å²) in [6.45, 7) is 9.49. The van der Waals surface area contributed by atoms with Crippen LogP contribution in [0.5, 0.6) is 11.5 Å². The van der Waals surface area contributed by atoms with Gasteiger partial charge in [0.15, 0.2) is 0 Å². The summed E-state index contributed by atoms with van der Waals surface area (Å²) in [6, 6.07) is 20.4. The first-order valence-corrected chi connectivity index (χ1v) is 19.5. The van der Waals surface area contributed by atoms with Gasteiger partial charge in [-0.15, -0.1) is 0 Å². The van der Waals surface area contributed by atoms with Crippen molar-refractivity contribution in [1.29, 1.82) is 0 Å². The van der Waals surface area contributed by atoms with Crippen molar-refractivity contribution in [3.63, 3.8) is 0 Å². The Bertz CT molecular complexity index is 1300. The Morgan fingerprint density at radius 1 is 0.857 bits per heavy atom. The predicted octanol–water partition coefficient (Wildman–Crippen LogP) is 7.70. The Labute approximate surface area is 219 Å². The van der Waals surface area contributed by atoms with Crippen molar-refractivity contribution in [3.05, 3.63) is 128 Å². The van der Waals surface area contributed by atoms with Crippen LogP contribution in [0.1, 0.15) is 20.3 Å². The van der Waals surface area contributed by atoms with Crippen molar-refractivity contribution in [2.45, 2.75) is 33.4 Å². The Morgan fingerprint density at radius 2 is 1.49 bits per heavy atom. The number of rotatable bonds is 6. The number of benzene rings is 2. The van der Waals surface area contributed by atoms with E-state index in [0.717, 1.165) is 17.9 Å². The van der Waals surface area contributed by atoms with E-state index in [1.807, 2.05) is 60.7 Å². The molecule has 0 radical (unpaired) electrons. The van der Waals surface area contributed by atoms with Gasteiger partial charge >= 0.3 is 221 Å². The second-order valence-corrected chi connectivity index (χ2v) is 17.3. The molecule has 0 bridgehead atoms. The Kier molecular flexibility index (Phi) is 7.31. The van der Waals surface area contributed by atoms with E-state index in [1.165, 1.54) is 31.2 Å². The summed E-state index contributed by atoms with van der Waals surface area (Å²) in [5.41, 5.74) is 6.98. The summed E-state index contributed by atoms with van der Waals surface area (Å²) >= 11 is -3.34. The number of fused-ring (bicyclic) bond motifs is 1. The van der Waals surface area contributed by atoms with E-state index in [0.29, 0.717) is 5.92 Å². The molecule has 175 valence electrons. The summed E-state index contributed by atoms with van der Waals surface area (Å²) in [5, 5.41) is 1.58. The third-order valence-corrected chi connectivity index (χ3v) is 15.4. The zero-order chi connectivity index (χ0) is 24.4. The van der Waals surface area contributed by atoms with E-state index in [4.69, 9.17) is 5.71 Å². The van der Waals surface area contributed by atoms with Crippen LogP contribution in [-0.4, -0.2) is 13.6 Å². The molecule has 0 saturated heterocycles. The van der Waals surface area contributed by atoms with Gasteiger partial charge in [-0.05, 0) is 0 Å². The molecule has 0 spiro atoms. The fourth-order valence-electron chi connectivity index (χ4n) is 5.19. The third kappa shape index (κ3) is 4.92. The molecular weight excluding hydrogens is 611 g/mol. The van der Waals surface area contributed by atoms with Gasteiger partial charge in [0.1, 0.15) is 0 Å². The predicted molar refractivity (Wildman–Crippen MR) is 145 cm³/mol. The molecule has 0 heterocycles. The van der Waals surface area contributed by atoms with Crippen LogP contribution in [-0.2, 0) is 22.3 Å². The summed E-state index contributed by atoms with van der Waals surface area (Å²) in [6.07, 6.45) is 14.7. The number of para-hydroxylation sites is 2. The van der Waals surface area contributed by atoms with Crippen LogP contribution in [0.25, 0.3) is 0 Å². The monoisotopic (exact) mass is 643 g/mol. The van der Waals surface area contributed by atoms with Crippen LogP contribution in [0.2, 0.25) is 13.1 Å². The topological polar surface area (TPSA) is 18.5 Å². The zero-order valence-electron chi connectivity index (χ0n) is 20.8. The first-order chi connectivity index (χ1) is 17.0. The minimum atomic E-state index is -3.34. The van der Waals surface area contributed by atoms with Crippen molar-refractivity contribution < 1.29 is 28.0 Å². The van der Waals surface area contributed by atoms with Crippen molar-refractivity contribution in [1.82, 2.24) is 0 Å². The van der Waals surface area contributed by atoms with Crippen molar-refractivity contribution in [2.75, 3.05) is 0 Å². The van der Waals surface area contributed by atoms with Crippen LogP contribution in [0.3, 0.4) is 0 Å². The molecule has 0 fully saturated rings.